The summed E-state index contributed by atoms with van der Waals surface area (Å²) in [5, 5.41) is 5.82. The third kappa shape index (κ3) is 3.52. The lowest BCUT2D eigenvalue weighted by Crippen LogP contribution is -3.13. The van der Waals surface area contributed by atoms with Crippen LogP contribution in [-0.2, 0) is 29.0 Å². The van der Waals surface area contributed by atoms with Crippen LogP contribution in [0.4, 0.5) is 4.79 Å². The fourth-order valence-electron chi connectivity index (χ4n) is 4.28. The quantitative estimate of drug-likeness (QED) is 0.667. The van der Waals surface area contributed by atoms with E-state index in [2.05, 4.69) is 18.8 Å². The molecule has 5 rings (SSSR count). The molecule has 1 saturated heterocycles. The molecule has 1 N–H and O–H groups in total. The van der Waals surface area contributed by atoms with Crippen molar-refractivity contribution in [2.45, 2.75) is 45.9 Å². The number of thiophene rings is 1. The van der Waals surface area contributed by atoms with E-state index in [1.807, 2.05) is 6.92 Å². The maximum atomic E-state index is 11.9. The van der Waals surface area contributed by atoms with Crippen molar-refractivity contribution < 1.29 is 19.2 Å². The van der Waals surface area contributed by atoms with Crippen molar-refractivity contribution in [3.63, 3.8) is 0 Å². The van der Waals surface area contributed by atoms with Gasteiger partial charge in [-0.1, -0.05) is 0 Å². The van der Waals surface area contributed by atoms with Crippen molar-refractivity contribution >= 4 is 33.3 Å². The van der Waals surface area contributed by atoms with Crippen LogP contribution in [-0.4, -0.2) is 69.0 Å². The number of nitrogens with zero attached hydrogens (tertiary/aromatic N) is 5. The Morgan fingerprint density at radius 1 is 1.37 bits per heavy atom. The molecule has 0 saturated carbocycles. The Labute approximate surface area is 178 Å². The van der Waals surface area contributed by atoms with E-state index in [1.165, 1.54) is 15.3 Å². The molecule has 1 fully saturated rings. The zero-order chi connectivity index (χ0) is 20.9. The van der Waals surface area contributed by atoms with Crippen molar-refractivity contribution in [2.24, 2.45) is 0 Å². The fourth-order valence-corrected chi connectivity index (χ4v) is 5.35. The van der Waals surface area contributed by atoms with Gasteiger partial charge in [0.2, 0.25) is 5.82 Å². The van der Waals surface area contributed by atoms with Gasteiger partial charge in [0.15, 0.2) is 5.65 Å². The Balaban J connectivity index is 1.38. The molecule has 0 aromatic carbocycles. The molecule has 0 radical (unpaired) electrons. The molecule has 1 amide bonds. The molecule has 3 aromatic heterocycles. The molecule has 3 aromatic rings. The van der Waals surface area contributed by atoms with E-state index < -0.39 is 0 Å². The topological polar surface area (TPSA) is 86.3 Å². The van der Waals surface area contributed by atoms with E-state index in [-0.39, 0.29) is 11.7 Å². The largest absolute Gasteiger partial charge is 0.450 e. The molecule has 2 aliphatic rings. The summed E-state index contributed by atoms with van der Waals surface area (Å²) in [5.74, 6) is 0.815. The molecule has 30 heavy (non-hydrogen) atoms. The number of ether oxygens (including phenoxy) is 2. The summed E-state index contributed by atoms with van der Waals surface area (Å²) in [4.78, 5) is 26.8. The van der Waals surface area contributed by atoms with Gasteiger partial charge in [0, 0.05) is 11.3 Å². The molecule has 160 valence electrons. The Hall–Kier alpha value is -2.30. The number of carbonyl (C=O) groups is 1. The van der Waals surface area contributed by atoms with E-state index in [0.717, 1.165) is 47.7 Å². The van der Waals surface area contributed by atoms with Crippen molar-refractivity contribution in [1.82, 2.24) is 24.5 Å². The molecule has 10 heteroatoms. The number of rotatable bonds is 3. The van der Waals surface area contributed by atoms with Gasteiger partial charge >= 0.3 is 6.09 Å². The minimum atomic E-state index is -0.218. The predicted molar refractivity (Wildman–Crippen MR) is 112 cm³/mol. The van der Waals surface area contributed by atoms with Crippen LogP contribution in [0.15, 0.2) is 6.33 Å². The van der Waals surface area contributed by atoms with Crippen LogP contribution in [0.2, 0.25) is 0 Å². The summed E-state index contributed by atoms with van der Waals surface area (Å²) < 4.78 is 12.9. The van der Waals surface area contributed by atoms with Gasteiger partial charge in [0.05, 0.1) is 50.4 Å². The number of nitrogens with one attached hydrogen (secondary N) is 1. The lowest BCUT2D eigenvalue weighted by Gasteiger charge is -2.30. The van der Waals surface area contributed by atoms with Crippen LogP contribution in [0.1, 0.15) is 37.0 Å². The highest BCUT2D eigenvalue weighted by Gasteiger charge is 2.31. The van der Waals surface area contributed by atoms with Gasteiger partial charge in [-0.05, 0) is 26.3 Å². The second kappa shape index (κ2) is 7.44. The van der Waals surface area contributed by atoms with Gasteiger partial charge in [0.1, 0.15) is 17.7 Å². The number of carbonyl (C=O) groups excluding carboxylic acids is 1. The SMILES string of the molecule is CCOC(=O)N1CC[NH+](Cc2nc3c4c5c(sc4ncn3n2)COC(C)(C)C5)CC1. The minimum absolute atomic E-state index is 0.181. The minimum Gasteiger partial charge on any atom is -0.450 e. The number of aromatic nitrogens is 4. The summed E-state index contributed by atoms with van der Waals surface area (Å²) in [5.41, 5.74) is 2.01. The first-order valence-corrected chi connectivity index (χ1v) is 11.3. The zero-order valence-electron chi connectivity index (χ0n) is 17.6. The van der Waals surface area contributed by atoms with E-state index in [1.54, 1.807) is 27.1 Å². The Morgan fingerprint density at radius 3 is 2.93 bits per heavy atom. The standard InChI is InChI=1S/C20H26N6O3S/c1-4-28-19(27)25-7-5-24(6-8-25)10-15-22-17-16-13-9-20(2,3)29-11-14(13)30-18(16)21-12-26(17)23-15/h12H,4-11H2,1-3H3/p+1. The number of hydrogen-bond acceptors (Lipinski definition) is 7. The number of hydrogen-bond donors (Lipinski definition) is 1. The molecule has 0 atom stereocenters. The predicted octanol–water partition coefficient (Wildman–Crippen LogP) is 1.05. The van der Waals surface area contributed by atoms with Crippen molar-refractivity contribution in [3.8, 4) is 0 Å². The third-order valence-corrected chi connectivity index (χ3v) is 6.97. The molecule has 9 nitrogen and oxygen atoms in total. The monoisotopic (exact) mass is 431 g/mol. The first kappa shape index (κ1) is 19.7. The highest BCUT2D eigenvalue weighted by molar-refractivity contribution is 7.19. The van der Waals surface area contributed by atoms with E-state index >= 15 is 0 Å². The maximum Gasteiger partial charge on any atom is 0.410 e. The average molecular weight is 432 g/mol. The first-order chi connectivity index (χ1) is 14.4. The second-order valence-corrected chi connectivity index (χ2v) is 9.65. The van der Waals surface area contributed by atoms with Crippen LogP contribution in [0.5, 0.6) is 0 Å². The number of piperazine rings is 1. The normalized spacial score (nSPS) is 19.4. The first-order valence-electron chi connectivity index (χ1n) is 10.5. The highest BCUT2D eigenvalue weighted by atomic mass is 32.1. The summed E-state index contributed by atoms with van der Waals surface area (Å²) >= 11 is 1.70. The van der Waals surface area contributed by atoms with Crippen LogP contribution >= 0.6 is 11.3 Å². The maximum absolute atomic E-state index is 11.9. The average Bonchev–Trinajstić information content (AvgIpc) is 3.28. The summed E-state index contributed by atoms with van der Waals surface area (Å²) in [6, 6.07) is 0. The molecular formula is C20H27N6O3S+. The summed E-state index contributed by atoms with van der Waals surface area (Å²) in [7, 11) is 0. The van der Waals surface area contributed by atoms with Gasteiger partial charge in [-0.3, -0.25) is 4.90 Å². The third-order valence-electron chi connectivity index (χ3n) is 5.86. The second-order valence-electron chi connectivity index (χ2n) is 8.56. The van der Waals surface area contributed by atoms with Crippen molar-refractivity contribution in [3.05, 3.63) is 22.6 Å². The van der Waals surface area contributed by atoms with Crippen LogP contribution < -0.4 is 4.90 Å². The Morgan fingerprint density at radius 2 is 2.17 bits per heavy atom. The summed E-state index contributed by atoms with van der Waals surface area (Å²) in [6.07, 6.45) is 2.40. The van der Waals surface area contributed by atoms with Gasteiger partial charge in [-0.2, -0.15) is 0 Å². The number of amides is 1. The lowest BCUT2D eigenvalue weighted by molar-refractivity contribution is -0.918. The summed E-state index contributed by atoms with van der Waals surface area (Å²) in [6.45, 7) is 11.0. The van der Waals surface area contributed by atoms with Crippen LogP contribution in [0.3, 0.4) is 0 Å². The highest BCUT2D eigenvalue weighted by Crippen LogP contribution is 2.39. The molecule has 5 heterocycles. The lowest BCUT2D eigenvalue weighted by atomic mass is 9.94. The smallest absolute Gasteiger partial charge is 0.410 e. The molecule has 0 unspecified atom stereocenters. The van der Waals surface area contributed by atoms with E-state index in [0.29, 0.717) is 26.3 Å². The molecule has 0 bridgehead atoms. The molecule has 0 aliphatic carbocycles. The van der Waals surface area contributed by atoms with Gasteiger partial charge < -0.3 is 14.4 Å². The van der Waals surface area contributed by atoms with E-state index in [4.69, 9.17) is 19.6 Å². The fraction of sp³-hybridized carbons (Fsp3) is 0.600. The molecule has 0 spiro atoms. The molecule has 2 aliphatic heterocycles. The zero-order valence-corrected chi connectivity index (χ0v) is 18.4. The van der Waals surface area contributed by atoms with Crippen molar-refractivity contribution in [1.29, 1.82) is 0 Å². The van der Waals surface area contributed by atoms with Crippen LogP contribution in [0, 0.1) is 0 Å². The van der Waals surface area contributed by atoms with Crippen molar-refractivity contribution in [2.75, 3.05) is 32.8 Å². The number of fused-ring (bicyclic) bond motifs is 5. The van der Waals surface area contributed by atoms with Gasteiger partial charge in [0.25, 0.3) is 0 Å². The van der Waals surface area contributed by atoms with E-state index in [9.17, 15) is 4.79 Å². The Bertz CT molecular complexity index is 1100. The van der Waals surface area contributed by atoms with Crippen LogP contribution in [0.25, 0.3) is 15.9 Å². The Kier molecular flexibility index (Phi) is 4.87. The number of quaternary nitrogens is 1. The van der Waals surface area contributed by atoms with Gasteiger partial charge in [-0.15, -0.1) is 16.4 Å². The van der Waals surface area contributed by atoms with Gasteiger partial charge in [-0.25, -0.2) is 19.3 Å². The molecular weight excluding hydrogens is 404 g/mol.